The van der Waals surface area contributed by atoms with Gasteiger partial charge in [0.1, 0.15) is 0 Å². The minimum atomic E-state index is -0.0941. The monoisotopic (exact) mass is 367 g/mol. The number of nitrogens with zero attached hydrogens (tertiary/aromatic N) is 5. The highest BCUT2D eigenvalue weighted by Crippen LogP contribution is 2.25. The Balaban J connectivity index is 1.71. The Morgan fingerprint density at radius 2 is 2.04 bits per heavy atom. The molecule has 0 saturated carbocycles. The SMILES string of the molecule is NCc1ccccc1CN1C(=O)N2CC=NC=C2N=C1N1CCCC(N)C1. The molecule has 8 nitrogen and oxygen atoms in total. The van der Waals surface area contributed by atoms with Crippen molar-refractivity contribution in [1.82, 2.24) is 14.7 Å². The molecular weight excluding hydrogens is 342 g/mol. The van der Waals surface area contributed by atoms with E-state index in [1.165, 1.54) is 0 Å². The van der Waals surface area contributed by atoms with Crippen molar-refractivity contribution < 1.29 is 4.79 Å². The quantitative estimate of drug-likeness (QED) is 0.833. The Kier molecular flexibility index (Phi) is 4.91. The number of aliphatic imine (C=N–C) groups is 2. The van der Waals surface area contributed by atoms with Gasteiger partial charge in [0.15, 0.2) is 5.82 Å². The van der Waals surface area contributed by atoms with Crippen molar-refractivity contribution in [1.29, 1.82) is 0 Å². The fourth-order valence-corrected chi connectivity index (χ4v) is 3.72. The zero-order valence-electron chi connectivity index (χ0n) is 15.3. The molecule has 0 radical (unpaired) electrons. The summed E-state index contributed by atoms with van der Waals surface area (Å²) in [6, 6.07) is 7.93. The summed E-state index contributed by atoms with van der Waals surface area (Å²) < 4.78 is 0. The van der Waals surface area contributed by atoms with E-state index < -0.39 is 0 Å². The van der Waals surface area contributed by atoms with Gasteiger partial charge in [-0.05, 0) is 24.0 Å². The summed E-state index contributed by atoms with van der Waals surface area (Å²) in [6.07, 6.45) is 5.33. The molecule has 1 unspecified atom stereocenters. The maximum atomic E-state index is 13.3. The van der Waals surface area contributed by atoms with Crippen LogP contribution in [0.15, 0.2) is 46.3 Å². The fourth-order valence-electron chi connectivity index (χ4n) is 3.72. The van der Waals surface area contributed by atoms with E-state index in [2.05, 4.69) is 9.89 Å². The van der Waals surface area contributed by atoms with E-state index >= 15 is 0 Å². The molecule has 0 spiro atoms. The summed E-state index contributed by atoms with van der Waals surface area (Å²) in [5, 5.41) is 0. The number of rotatable bonds is 3. The van der Waals surface area contributed by atoms with Crippen LogP contribution >= 0.6 is 0 Å². The van der Waals surface area contributed by atoms with E-state index in [1.807, 2.05) is 24.3 Å². The molecule has 1 aromatic carbocycles. The Bertz CT molecular complexity index is 816. The van der Waals surface area contributed by atoms with Crippen molar-refractivity contribution in [2.45, 2.75) is 32.0 Å². The van der Waals surface area contributed by atoms with Gasteiger partial charge in [-0.2, -0.15) is 4.99 Å². The first-order chi connectivity index (χ1) is 13.2. The van der Waals surface area contributed by atoms with Gasteiger partial charge in [0.05, 0.1) is 19.3 Å². The number of guanidine groups is 1. The maximum Gasteiger partial charge on any atom is 0.333 e. The van der Waals surface area contributed by atoms with Crippen LogP contribution in [0.5, 0.6) is 0 Å². The third-order valence-corrected chi connectivity index (χ3v) is 5.16. The molecule has 2 amide bonds. The number of amides is 2. The highest BCUT2D eigenvalue weighted by molar-refractivity contribution is 6.00. The molecule has 3 aliphatic heterocycles. The van der Waals surface area contributed by atoms with Gasteiger partial charge < -0.3 is 16.4 Å². The van der Waals surface area contributed by atoms with Crippen LogP contribution in [0.4, 0.5) is 4.79 Å². The molecule has 0 aliphatic carbocycles. The smallest absolute Gasteiger partial charge is 0.333 e. The zero-order valence-corrected chi connectivity index (χ0v) is 15.3. The summed E-state index contributed by atoms with van der Waals surface area (Å²) >= 11 is 0. The van der Waals surface area contributed by atoms with Crippen molar-refractivity contribution in [3.05, 3.63) is 47.4 Å². The Morgan fingerprint density at radius 1 is 1.22 bits per heavy atom. The van der Waals surface area contributed by atoms with Crippen LogP contribution in [0.3, 0.4) is 0 Å². The number of carbonyl (C=O) groups is 1. The maximum absolute atomic E-state index is 13.3. The molecule has 0 aromatic heterocycles. The minimum absolute atomic E-state index is 0.0890. The number of benzene rings is 1. The normalized spacial score (nSPS) is 22.5. The number of hydrogen-bond donors (Lipinski definition) is 2. The number of carbonyl (C=O) groups excluding carboxylic acids is 1. The first-order valence-corrected chi connectivity index (χ1v) is 9.34. The van der Waals surface area contributed by atoms with Crippen LogP contribution in [-0.2, 0) is 13.1 Å². The van der Waals surface area contributed by atoms with Gasteiger partial charge in [-0.25, -0.2) is 4.79 Å². The Hall–Kier alpha value is -2.71. The van der Waals surface area contributed by atoms with Crippen molar-refractivity contribution >= 4 is 18.2 Å². The topological polar surface area (TPSA) is 104 Å². The minimum Gasteiger partial charge on any atom is -0.341 e. The molecule has 3 heterocycles. The Morgan fingerprint density at radius 3 is 2.81 bits per heavy atom. The first kappa shape index (κ1) is 17.7. The molecule has 1 aromatic rings. The van der Waals surface area contributed by atoms with E-state index in [0.717, 1.165) is 30.5 Å². The average molecular weight is 367 g/mol. The van der Waals surface area contributed by atoms with Gasteiger partial charge in [0.2, 0.25) is 5.96 Å². The molecule has 142 valence electrons. The zero-order chi connectivity index (χ0) is 18.8. The Labute approximate surface area is 158 Å². The largest absolute Gasteiger partial charge is 0.341 e. The lowest BCUT2D eigenvalue weighted by atomic mass is 10.1. The second-order valence-corrected chi connectivity index (χ2v) is 7.03. The molecule has 1 atom stereocenters. The molecule has 8 heteroatoms. The molecule has 1 saturated heterocycles. The van der Waals surface area contributed by atoms with E-state index in [1.54, 1.807) is 22.2 Å². The number of fused-ring (bicyclic) bond motifs is 1. The summed E-state index contributed by atoms with van der Waals surface area (Å²) in [6.45, 7) is 2.82. The van der Waals surface area contributed by atoms with Gasteiger partial charge in [0, 0.05) is 31.9 Å². The van der Waals surface area contributed by atoms with Crippen molar-refractivity contribution in [2.75, 3.05) is 19.6 Å². The number of likely N-dealkylation sites (tertiary alicyclic amines) is 1. The van der Waals surface area contributed by atoms with Crippen LogP contribution in [0.1, 0.15) is 24.0 Å². The molecule has 4 N–H and O–H groups in total. The lowest BCUT2D eigenvalue weighted by Crippen LogP contribution is -2.58. The lowest BCUT2D eigenvalue weighted by Gasteiger charge is -2.42. The summed E-state index contributed by atoms with van der Waals surface area (Å²) in [4.78, 5) is 27.7. The summed E-state index contributed by atoms with van der Waals surface area (Å²) in [7, 11) is 0. The fraction of sp³-hybridized carbons (Fsp3) is 0.421. The van der Waals surface area contributed by atoms with Crippen LogP contribution in [0.25, 0.3) is 0 Å². The van der Waals surface area contributed by atoms with Gasteiger partial charge >= 0.3 is 6.03 Å². The standard InChI is InChI=1S/C19H25N7O/c20-10-14-4-1-2-5-15(14)12-26-18(24-8-3-6-16(21)13-24)23-17-11-22-7-9-25(17)19(26)27/h1-2,4-5,7,11,16H,3,6,8-10,12-13,20-21H2. The van der Waals surface area contributed by atoms with Crippen molar-refractivity contribution in [3.8, 4) is 0 Å². The average Bonchev–Trinajstić information content (AvgIpc) is 2.70. The third-order valence-electron chi connectivity index (χ3n) is 5.16. The van der Waals surface area contributed by atoms with Crippen molar-refractivity contribution in [2.24, 2.45) is 21.5 Å². The van der Waals surface area contributed by atoms with Gasteiger partial charge in [-0.1, -0.05) is 24.3 Å². The van der Waals surface area contributed by atoms with Gasteiger partial charge in [0.25, 0.3) is 0 Å². The van der Waals surface area contributed by atoms with E-state index in [0.29, 0.717) is 38.0 Å². The van der Waals surface area contributed by atoms with E-state index in [-0.39, 0.29) is 12.1 Å². The summed E-state index contributed by atoms with van der Waals surface area (Å²) in [5.41, 5.74) is 14.1. The predicted molar refractivity (Wildman–Crippen MR) is 105 cm³/mol. The molecule has 27 heavy (non-hydrogen) atoms. The third kappa shape index (κ3) is 3.45. The highest BCUT2D eigenvalue weighted by atomic mass is 16.2. The van der Waals surface area contributed by atoms with E-state index in [4.69, 9.17) is 16.5 Å². The van der Waals surface area contributed by atoms with Gasteiger partial charge in [-0.15, -0.1) is 0 Å². The first-order valence-electron chi connectivity index (χ1n) is 9.34. The molecular formula is C19H25N7O. The molecule has 3 aliphatic rings. The van der Waals surface area contributed by atoms with E-state index in [9.17, 15) is 4.79 Å². The number of nitrogens with two attached hydrogens (primary N) is 2. The van der Waals surface area contributed by atoms with Crippen molar-refractivity contribution in [3.63, 3.8) is 0 Å². The molecule has 0 bridgehead atoms. The second-order valence-electron chi connectivity index (χ2n) is 7.03. The van der Waals surface area contributed by atoms with Crippen LogP contribution < -0.4 is 11.5 Å². The predicted octanol–water partition coefficient (Wildman–Crippen LogP) is 1.05. The molecule has 4 rings (SSSR count). The summed E-state index contributed by atoms with van der Waals surface area (Å²) in [5.74, 6) is 1.24. The van der Waals surface area contributed by atoms with Crippen LogP contribution in [0.2, 0.25) is 0 Å². The number of hydrogen-bond acceptors (Lipinski definition) is 6. The number of urea groups is 1. The highest BCUT2D eigenvalue weighted by Gasteiger charge is 2.37. The van der Waals surface area contributed by atoms with Crippen LogP contribution in [-0.4, -0.2) is 58.6 Å². The van der Waals surface area contributed by atoms with Gasteiger partial charge in [-0.3, -0.25) is 14.8 Å². The molecule has 1 fully saturated rings. The second kappa shape index (κ2) is 7.50. The number of piperidine rings is 1. The lowest BCUT2D eigenvalue weighted by molar-refractivity contribution is 0.174. The van der Waals surface area contributed by atoms with Crippen LogP contribution in [0, 0.1) is 0 Å².